The van der Waals surface area contributed by atoms with E-state index in [1.807, 2.05) is 24.3 Å². The number of β-amino-alcohol motifs (C(OH)–C–C–N with tert-alkyl or cyclic N) is 1. The van der Waals surface area contributed by atoms with Crippen molar-refractivity contribution in [1.29, 1.82) is 0 Å². The predicted molar refractivity (Wildman–Crippen MR) is 95.1 cm³/mol. The third-order valence-electron chi connectivity index (χ3n) is 4.50. The molecule has 0 fully saturated rings. The lowest BCUT2D eigenvalue weighted by Crippen LogP contribution is -2.33. The molecule has 1 aromatic heterocycles. The van der Waals surface area contributed by atoms with Gasteiger partial charge in [-0.3, -0.25) is 9.69 Å². The number of aromatic amines is 1. The van der Waals surface area contributed by atoms with Crippen LogP contribution >= 0.6 is 11.6 Å². The molecule has 0 unspecified atom stereocenters. The van der Waals surface area contributed by atoms with Crippen LogP contribution in [0.5, 0.6) is 0 Å². The van der Waals surface area contributed by atoms with Crippen LogP contribution in [0.25, 0.3) is 10.9 Å². The molecule has 4 rings (SSSR count). The van der Waals surface area contributed by atoms with Gasteiger partial charge in [-0.15, -0.1) is 0 Å². The lowest BCUT2D eigenvalue weighted by atomic mass is 9.97. The predicted octanol–water partition coefficient (Wildman–Crippen LogP) is 3.23. The van der Waals surface area contributed by atoms with Gasteiger partial charge in [0.05, 0.1) is 16.6 Å². The molecule has 3 aromatic rings. The summed E-state index contributed by atoms with van der Waals surface area (Å²) in [6.07, 6.45) is -0.509. The molecule has 2 aromatic carbocycles. The first-order valence-electron chi connectivity index (χ1n) is 7.90. The van der Waals surface area contributed by atoms with Gasteiger partial charge in [-0.05, 0) is 23.3 Å². The Morgan fingerprint density at radius 1 is 1.21 bits per heavy atom. The highest BCUT2D eigenvalue weighted by Gasteiger charge is 2.23. The number of aliphatic hydroxyl groups excluding tert-OH is 1. The summed E-state index contributed by atoms with van der Waals surface area (Å²) in [5.74, 6) is 0. The van der Waals surface area contributed by atoms with Gasteiger partial charge in [0.1, 0.15) is 0 Å². The highest BCUT2D eigenvalue weighted by atomic mass is 35.5. The van der Waals surface area contributed by atoms with Crippen molar-refractivity contribution in [2.24, 2.45) is 0 Å². The van der Waals surface area contributed by atoms with Gasteiger partial charge in [-0.25, -0.2) is 0 Å². The van der Waals surface area contributed by atoms with Crippen LogP contribution < -0.4 is 5.43 Å². The van der Waals surface area contributed by atoms with Crippen LogP contribution in [0.15, 0.2) is 53.3 Å². The molecule has 122 valence electrons. The summed E-state index contributed by atoms with van der Waals surface area (Å²) in [5.41, 5.74) is 3.53. The third kappa shape index (κ3) is 2.73. The normalized spacial score (nSPS) is 17.8. The van der Waals surface area contributed by atoms with Crippen LogP contribution in [0.2, 0.25) is 5.02 Å². The maximum absolute atomic E-state index is 12.3. The molecular formula is C19H17ClN2O2. The molecule has 24 heavy (non-hydrogen) atoms. The van der Waals surface area contributed by atoms with Crippen LogP contribution in [0.4, 0.5) is 0 Å². The van der Waals surface area contributed by atoms with Gasteiger partial charge in [0, 0.05) is 36.8 Å². The Morgan fingerprint density at radius 3 is 2.92 bits per heavy atom. The zero-order valence-electron chi connectivity index (χ0n) is 13.0. The average Bonchev–Trinajstić information content (AvgIpc) is 2.56. The molecule has 0 bridgehead atoms. The molecule has 0 aliphatic carbocycles. The fourth-order valence-electron chi connectivity index (χ4n) is 3.39. The van der Waals surface area contributed by atoms with E-state index in [0.29, 0.717) is 29.0 Å². The lowest BCUT2D eigenvalue weighted by molar-refractivity contribution is 0.0875. The number of para-hydroxylation sites is 1. The summed E-state index contributed by atoms with van der Waals surface area (Å²) in [6.45, 7) is 1.84. The number of hydrogen-bond donors (Lipinski definition) is 2. The highest BCUT2D eigenvalue weighted by Crippen LogP contribution is 2.27. The first kappa shape index (κ1) is 15.4. The van der Waals surface area contributed by atoms with Gasteiger partial charge in [-0.2, -0.15) is 0 Å². The van der Waals surface area contributed by atoms with E-state index < -0.39 is 6.10 Å². The van der Waals surface area contributed by atoms with E-state index in [9.17, 15) is 9.90 Å². The summed E-state index contributed by atoms with van der Waals surface area (Å²) < 4.78 is 0. The number of benzene rings is 2. The standard InChI is InChI=1S/C19H17ClN2O2/c20-16-7-3-6-15-17(23)8-13(21-19(15)16)10-22-9-12-4-1-2-5-14(12)18(24)11-22/h1-8,18,24H,9-11H2,(H,21,23)/t18-/m0/s1. The fraction of sp³-hybridized carbons (Fsp3) is 0.211. The van der Waals surface area contributed by atoms with Gasteiger partial charge in [-0.1, -0.05) is 41.9 Å². The Labute approximate surface area is 144 Å². The lowest BCUT2D eigenvalue weighted by Gasteiger charge is -2.32. The summed E-state index contributed by atoms with van der Waals surface area (Å²) in [4.78, 5) is 17.7. The molecule has 0 radical (unpaired) electrons. The molecule has 0 amide bonds. The Morgan fingerprint density at radius 2 is 2.04 bits per heavy atom. The van der Waals surface area contributed by atoms with E-state index in [1.54, 1.807) is 24.3 Å². The first-order valence-corrected chi connectivity index (χ1v) is 8.28. The number of aromatic nitrogens is 1. The summed E-state index contributed by atoms with van der Waals surface area (Å²) in [6, 6.07) is 14.9. The molecule has 0 saturated heterocycles. The van der Waals surface area contributed by atoms with Crippen molar-refractivity contribution in [3.05, 3.63) is 80.6 Å². The van der Waals surface area contributed by atoms with Crippen molar-refractivity contribution in [3.63, 3.8) is 0 Å². The second-order valence-electron chi connectivity index (χ2n) is 6.21. The summed E-state index contributed by atoms with van der Waals surface area (Å²) in [7, 11) is 0. The fourth-order valence-corrected chi connectivity index (χ4v) is 3.61. The zero-order chi connectivity index (χ0) is 16.7. The van der Waals surface area contributed by atoms with Gasteiger partial charge < -0.3 is 10.1 Å². The van der Waals surface area contributed by atoms with Crippen molar-refractivity contribution in [2.45, 2.75) is 19.2 Å². The number of fused-ring (bicyclic) bond motifs is 2. The van der Waals surface area contributed by atoms with Gasteiger partial charge in [0.25, 0.3) is 0 Å². The molecule has 2 heterocycles. The van der Waals surface area contributed by atoms with E-state index in [1.165, 1.54) is 0 Å². The Hall–Kier alpha value is -2.14. The van der Waals surface area contributed by atoms with E-state index in [4.69, 9.17) is 11.6 Å². The summed E-state index contributed by atoms with van der Waals surface area (Å²) in [5, 5.41) is 11.5. The molecule has 5 heteroatoms. The quantitative estimate of drug-likeness (QED) is 0.753. The molecular weight excluding hydrogens is 324 g/mol. The minimum atomic E-state index is -0.509. The van der Waals surface area contributed by atoms with Crippen molar-refractivity contribution in [1.82, 2.24) is 9.88 Å². The topological polar surface area (TPSA) is 56.3 Å². The van der Waals surface area contributed by atoms with E-state index >= 15 is 0 Å². The van der Waals surface area contributed by atoms with Gasteiger partial charge in [0.2, 0.25) is 0 Å². The molecule has 0 saturated carbocycles. The zero-order valence-corrected chi connectivity index (χ0v) is 13.8. The molecule has 0 spiro atoms. The van der Waals surface area contributed by atoms with Crippen LogP contribution in [0, 0.1) is 0 Å². The van der Waals surface area contributed by atoms with Crippen LogP contribution in [0.3, 0.4) is 0 Å². The second kappa shape index (κ2) is 6.06. The molecule has 4 nitrogen and oxygen atoms in total. The van der Waals surface area contributed by atoms with Crippen LogP contribution in [0.1, 0.15) is 22.9 Å². The number of halogens is 1. The number of hydrogen-bond acceptors (Lipinski definition) is 3. The monoisotopic (exact) mass is 340 g/mol. The largest absolute Gasteiger partial charge is 0.387 e. The Kier molecular flexibility index (Phi) is 3.88. The Balaban J connectivity index is 1.66. The second-order valence-corrected chi connectivity index (χ2v) is 6.61. The minimum absolute atomic E-state index is 0.0424. The van der Waals surface area contributed by atoms with E-state index in [0.717, 1.165) is 23.4 Å². The van der Waals surface area contributed by atoms with Crippen molar-refractivity contribution >= 4 is 22.5 Å². The van der Waals surface area contributed by atoms with E-state index in [2.05, 4.69) is 9.88 Å². The van der Waals surface area contributed by atoms with Crippen molar-refractivity contribution in [2.75, 3.05) is 6.54 Å². The van der Waals surface area contributed by atoms with Gasteiger partial charge >= 0.3 is 0 Å². The number of rotatable bonds is 2. The van der Waals surface area contributed by atoms with E-state index in [-0.39, 0.29) is 5.43 Å². The maximum atomic E-state index is 12.3. The number of H-pyrrole nitrogens is 1. The molecule has 2 N–H and O–H groups in total. The first-order chi connectivity index (χ1) is 11.6. The van der Waals surface area contributed by atoms with Crippen molar-refractivity contribution in [3.8, 4) is 0 Å². The number of nitrogens with zero attached hydrogens (tertiary/aromatic N) is 1. The summed E-state index contributed by atoms with van der Waals surface area (Å²) >= 11 is 6.21. The smallest absolute Gasteiger partial charge is 0.189 e. The minimum Gasteiger partial charge on any atom is -0.387 e. The van der Waals surface area contributed by atoms with Crippen molar-refractivity contribution < 1.29 is 5.11 Å². The third-order valence-corrected chi connectivity index (χ3v) is 4.82. The molecule has 1 atom stereocenters. The highest BCUT2D eigenvalue weighted by molar-refractivity contribution is 6.35. The number of nitrogens with one attached hydrogen (secondary N) is 1. The molecule has 1 aliphatic heterocycles. The molecule has 1 aliphatic rings. The van der Waals surface area contributed by atoms with Gasteiger partial charge in [0.15, 0.2) is 5.43 Å². The SMILES string of the molecule is O=c1cc(CN2Cc3ccccc3[C@@H](O)C2)[nH]c2c(Cl)cccc12. The maximum Gasteiger partial charge on any atom is 0.189 e. The average molecular weight is 341 g/mol. The van der Waals surface area contributed by atoms with Crippen LogP contribution in [-0.4, -0.2) is 21.5 Å². The number of pyridine rings is 1. The Bertz CT molecular complexity index is 967. The number of aliphatic hydroxyl groups is 1. The van der Waals surface area contributed by atoms with Crippen LogP contribution in [-0.2, 0) is 13.1 Å².